The SMILES string of the molecule is Cl.O=C(NCc1ccccn1)c1cccc(C(F)(F)F)c1. The largest absolute Gasteiger partial charge is 0.416 e. The van der Waals surface area contributed by atoms with Gasteiger partial charge in [-0.3, -0.25) is 9.78 Å². The number of hydrogen-bond acceptors (Lipinski definition) is 2. The number of nitrogens with one attached hydrogen (secondary N) is 1. The van der Waals surface area contributed by atoms with Gasteiger partial charge in [0, 0.05) is 11.8 Å². The second kappa shape index (κ2) is 7.08. The van der Waals surface area contributed by atoms with Gasteiger partial charge in [0.05, 0.1) is 17.8 Å². The topological polar surface area (TPSA) is 42.0 Å². The van der Waals surface area contributed by atoms with Crippen LogP contribution in [0.1, 0.15) is 21.6 Å². The lowest BCUT2D eigenvalue weighted by Gasteiger charge is -2.09. The minimum atomic E-state index is -4.46. The molecule has 0 radical (unpaired) electrons. The lowest BCUT2D eigenvalue weighted by molar-refractivity contribution is -0.137. The van der Waals surface area contributed by atoms with Crippen molar-refractivity contribution in [1.29, 1.82) is 0 Å². The van der Waals surface area contributed by atoms with E-state index in [2.05, 4.69) is 10.3 Å². The number of aromatic nitrogens is 1. The maximum absolute atomic E-state index is 12.5. The molecule has 0 aliphatic rings. The Labute approximate surface area is 125 Å². The van der Waals surface area contributed by atoms with E-state index in [1.807, 2.05) is 0 Å². The molecular formula is C14H12ClF3N2O. The summed E-state index contributed by atoms with van der Waals surface area (Å²) in [7, 11) is 0. The molecule has 0 aliphatic heterocycles. The number of amides is 1. The van der Waals surface area contributed by atoms with Gasteiger partial charge in [0.1, 0.15) is 0 Å². The average molecular weight is 317 g/mol. The summed E-state index contributed by atoms with van der Waals surface area (Å²) in [6.45, 7) is 0.163. The smallest absolute Gasteiger partial charge is 0.346 e. The van der Waals surface area contributed by atoms with Gasteiger partial charge in [-0.25, -0.2) is 0 Å². The van der Waals surface area contributed by atoms with E-state index in [0.717, 1.165) is 12.1 Å². The minimum Gasteiger partial charge on any atom is -0.346 e. The van der Waals surface area contributed by atoms with Gasteiger partial charge in [-0.2, -0.15) is 13.2 Å². The zero-order valence-electron chi connectivity index (χ0n) is 10.7. The van der Waals surface area contributed by atoms with Gasteiger partial charge in [-0.15, -0.1) is 12.4 Å². The van der Waals surface area contributed by atoms with Crippen LogP contribution < -0.4 is 5.32 Å². The van der Waals surface area contributed by atoms with E-state index in [1.165, 1.54) is 12.1 Å². The number of pyridine rings is 1. The predicted molar refractivity (Wildman–Crippen MR) is 74.1 cm³/mol. The lowest BCUT2D eigenvalue weighted by atomic mass is 10.1. The van der Waals surface area contributed by atoms with Gasteiger partial charge in [0.2, 0.25) is 0 Å². The van der Waals surface area contributed by atoms with Crippen molar-refractivity contribution < 1.29 is 18.0 Å². The van der Waals surface area contributed by atoms with Crippen molar-refractivity contribution in [2.45, 2.75) is 12.7 Å². The van der Waals surface area contributed by atoms with Crippen LogP contribution in [0.2, 0.25) is 0 Å². The number of halogens is 4. The molecule has 21 heavy (non-hydrogen) atoms. The molecule has 1 aromatic heterocycles. The summed E-state index contributed by atoms with van der Waals surface area (Å²) >= 11 is 0. The molecule has 0 bridgehead atoms. The molecule has 0 aliphatic carbocycles. The number of carbonyl (C=O) groups excluding carboxylic acids is 1. The highest BCUT2D eigenvalue weighted by Crippen LogP contribution is 2.29. The van der Waals surface area contributed by atoms with Crippen molar-refractivity contribution in [1.82, 2.24) is 10.3 Å². The van der Waals surface area contributed by atoms with Crippen LogP contribution in [0.15, 0.2) is 48.7 Å². The van der Waals surface area contributed by atoms with Crippen molar-refractivity contribution >= 4 is 18.3 Å². The predicted octanol–water partition coefficient (Wildman–Crippen LogP) is 3.45. The number of alkyl halides is 3. The van der Waals surface area contributed by atoms with Gasteiger partial charge in [-0.1, -0.05) is 12.1 Å². The third-order valence-electron chi connectivity index (χ3n) is 2.61. The van der Waals surface area contributed by atoms with E-state index in [1.54, 1.807) is 24.4 Å². The first-order valence-electron chi connectivity index (χ1n) is 5.82. The summed E-state index contributed by atoms with van der Waals surface area (Å²) in [4.78, 5) is 15.8. The quantitative estimate of drug-likeness (QED) is 0.942. The van der Waals surface area contributed by atoms with E-state index in [9.17, 15) is 18.0 Å². The van der Waals surface area contributed by atoms with Gasteiger partial charge in [-0.05, 0) is 30.3 Å². The van der Waals surface area contributed by atoms with Crippen molar-refractivity contribution in [3.8, 4) is 0 Å². The Morgan fingerprint density at radius 1 is 1.14 bits per heavy atom. The number of rotatable bonds is 3. The van der Waals surface area contributed by atoms with Crippen molar-refractivity contribution in [3.63, 3.8) is 0 Å². The number of benzene rings is 1. The van der Waals surface area contributed by atoms with Gasteiger partial charge < -0.3 is 5.32 Å². The Hall–Kier alpha value is -2.08. The molecule has 1 amide bonds. The summed E-state index contributed by atoms with van der Waals surface area (Å²) in [6, 6.07) is 9.51. The summed E-state index contributed by atoms with van der Waals surface area (Å²) in [6.07, 6.45) is -2.89. The first kappa shape index (κ1) is 17.0. The Morgan fingerprint density at radius 3 is 2.52 bits per heavy atom. The fourth-order valence-electron chi connectivity index (χ4n) is 1.61. The Balaban J connectivity index is 0.00000220. The van der Waals surface area contributed by atoms with Crippen molar-refractivity contribution in [2.75, 3.05) is 0 Å². The van der Waals surface area contributed by atoms with Crippen molar-refractivity contribution in [3.05, 3.63) is 65.5 Å². The zero-order chi connectivity index (χ0) is 14.6. The zero-order valence-corrected chi connectivity index (χ0v) is 11.5. The first-order valence-corrected chi connectivity index (χ1v) is 5.82. The van der Waals surface area contributed by atoms with Crippen molar-refractivity contribution in [2.24, 2.45) is 0 Å². The van der Waals surface area contributed by atoms with Crippen LogP contribution in [-0.2, 0) is 12.7 Å². The van der Waals surface area contributed by atoms with Crippen LogP contribution in [0.4, 0.5) is 13.2 Å². The molecule has 0 saturated heterocycles. The van der Waals surface area contributed by atoms with Crippen LogP contribution in [0.5, 0.6) is 0 Å². The third-order valence-corrected chi connectivity index (χ3v) is 2.61. The molecule has 0 fully saturated rings. The summed E-state index contributed by atoms with van der Waals surface area (Å²) in [5, 5.41) is 2.53. The van der Waals surface area contributed by atoms with Crippen LogP contribution >= 0.6 is 12.4 Å². The van der Waals surface area contributed by atoms with E-state index in [4.69, 9.17) is 0 Å². The molecule has 1 aromatic carbocycles. The highest BCUT2D eigenvalue weighted by atomic mass is 35.5. The summed E-state index contributed by atoms with van der Waals surface area (Å²) in [5.41, 5.74) is -0.244. The molecule has 1 heterocycles. The van der Waals surface area contributed by atoms with Crippen LogP contribution in [-0.4, -0.2) is 10.9 Å². The second-order valence-corrected chi connectivity index (χ2v) is 4.08. The minimum absolute atomic E-state index is 0. The maximum atomic E-state index is 12.5. The van der Waals surface area contributed by atoms with Crippen LogP contribution in [0, 0.1) is 0 Å². The third kappa shape index (κ3) is 4.75. The fourth-order valence-corrected chi connectivity index (χ4v) is 1.61. The highest BCUT2D eigenvalue weighted by molar-refractivity contribution is 5.94. The number of nitrogens with zero attached hydrogens (tertiary/aromatic N) is 1. The molecule has 0 unspecified atom stereocenters. The molecule has 3 nitrogen and oxygen atoms in total. The van der Waals surface area contributed by atoms with Gasteiger partial charge in [0.15, 0.2) is 0 Å². The molecule has 1 N–H and O–H groups in total. The Morgan fingerprint density at radius 2 is 1.90 bits per heavy atom. The highest BCUT2D eigenvalue weighted by Gasteiger charge is 2.30. The molecule has 2 rings (SSSR count). The normalized spacial score (nSPS) is 10.6. The molecular weight excluding hydrogens is 305 g/mol. The van der Waals surface area contributed by atoms with E-state index in [-0.39, 0.29) is 24.5 Å². The van der Waals surface area contributed by atoms with E-state index in [0.29, 0.717) is 5.69 Å². The van der Waals surface area contributed by atoms with E-state index < -0.39 is 17.6 Å². The molecule has 0 spiro atoms. The van der Waals surface area contributed by atoms with Gasteiger partial charge in [0.25, 0.3) is 5.91 Å². The Bertz CT molecular complexity index is 603. The number of carbonyl (C=O) groups is 1. The molecule has 0 saturated carbocycles. The summed E-state index contributed by atoms with van der Waals surface area (Å²) < 4.78 is 37.6. The summed E-state index contributed by atoms with van der Waals surface area (Å²) in [5.74, 6) is -0.568. The molecule has 0 atom stereocenters. The molecule has 7 heteroatoms. The van der Waals surface area contributed by atoms with Crippen LogP contribution in [0.3, 0.4) is 0 Å². The standard InChI is InChI=1S/C14H11F3N2O.ClH/c15-14(16,17)11-5-3-4-10(8-11)13(20)19-9-12-6-1-2-7-18-12;/h1-8H,9H2,(H,19,20);1H. The fraction of sp³-hybridized carbons (Fsp3) is 0.143. The first-order chi connectivity index (χ1) is 9.47. The molecule has 2 aromatic rings. The van der Waals surface area contributed by atoms with E-state index >= 15 is 0 Å². The van der Waals surface area contributed by atoms with Gasteiger partial charge >= 0.3 is 6.18 Å². The van der Waals surface area contributed by atoms with Crippen LogP contribution in [0.25, 0.3) is 0 Å². The maximum Gasteiger partial charge on any atom is 0.416 e. The molecule has 112 valence electrons. The Kier molecular flexibility index (Phi) is 5.72. The monoisotopic (exact) mass is 316 g/mol. The average Bonchev–Trinajstić information content (AvgIpc) is 2.45. The lowest BCUT2D eigenvalue weighted by Crippen LogP contribution is -2.23. The number of hydrogen-bond donors (Lipinski definition) is 1. The second-order valence-electron chi connectivity index (χ2n) is 4.08.